The van der Waals surface area contributed by atoms with E-state index in [1.807, 2.05) is 0 Å². The van der Waals surface area contributed by atoms with Gasteiger partial charge < -0.3 is 10.2 Å². The van der Waals surface area contributed by atoms with Crippen LogP contribution in [0.4, 0.5) is 0 Å². The van der Waals surface area contributed by atoms with Crippen molar-refractivity contribution in [3.8, 4) is 0 Å². The summed E-state index contributed by atoms with van der Waals surface area (Å²) in [6, 6.07) is 0. The van der Waals surface area contributed by atoms with E-state index in [9.17, 15) is 0 Å². The molecule has 0 aliphatic carbocycles. The van der Waals surface area contributed by atoms with Crippen LogP contribution in [0, 0.1) is 0 Å². The van der Waals surface area contributed by atoms with Crippen LogP contribution in [-0.2, 0) is 19.2 Å². The molecule has 1 fully saturated rings. The fourth-order valence-corrected chi connectivity index (χ4v) is 0.771. The highest BCUT2D eigenvalue weighted by atomic mass is 17.3. The number of rotatable bonds is 4. The molecule has 0 atom stereocenters. The van der Waals surface area contributed by atoms with Crippen LogP contribution < -0.4 is 0 Å². The molecule has 0 unspecified atom stereocenters. The average molecular weight is 166 g/mol. The maximum absolute atomic E-state index is 8.40. The summed E-state index contributed by atoms with van der Waals surface area (Å²) in [6.07, 6.45) is 0.314. The highest BCUT2D eigenvalue weighted by molar-refractivity contribution is 4.57. The van der Waals surface area contributed by atoms with Crippen molar-refractivity contribution >= 4 is 0 Å². The summed E-state index contributed by atoms with van der Waals surface area (Å²) in [5, 5.41) is 16.8. The van der Waals surface area contributed by atoms with Gasteiger partial charge in [0.15, 0.2) is 0 Å². The van der Waals surface area contributed by atoms with Crippen molar-refractivity contribution in [2.75, 3.05) is 20.2 Å². The molecule has 1 rings (SSSR count). The van der Waals surface area contributed by atoms with Crippen LogP contribution in [0.15, 0.2) is 0 Å². The molecule has 1 aliphatic heterocycles. The standard InChI is InChI=1S/C5H10O6/c6-3-8-5(9-4-7)1-2-10-11-5/h6-7H,1-4H2. The first-order valence-electron chi connectivity index (χ1n) is 3.13. The van der Waals surface area contributed by atoms with Crippen molar-refractivity contribution in [1.29, 1.82) is 0 Å². The SMILES string of the molecule is OCOC1(OCO)CCOO1. The molecule has 0 aromatic rings. The molecule has 0 aromatic carbocycles. The third kappa shape index (κ3) is 2.09. The van der Waals surface area contributed by atoms with E-state index < -0.39 is 19.6 Å². The predicted molar refractivity (Wildman–Crippen MR) is 30.7 cm³/mol. The monoisotopic (exact) mass is 166 g/mol. The second kappa shape index (κ2) is 3.96. The van der Waals surface area contributed by atoms with Crippen LogP contribution in [0.1, 0.15) is 6.42 Å². The van der Waals surface area contributed by atoms with Crippen molar-refractivity contribution < 1.29 is 29.5 Å². The van der Waals surface area contributed by atoms with Gasteiger partial charge in [0, 0.05) is 0 Å². The van der Waals surface area contributed by atoms with Gasteiger partial charge in [-0.05, 0) is 0 Å². The fourth-order valence-electron chi connectivity index (χ4n) is 0.771. The third-order valence-electron chi connectivity index (χ3n) is 1.25. The van der Waals surface area contributed by atoms with Gasteiger partial charge in [-0.2, -0.15) is 4.89 Å². The minimum atomic E-state index is -1.43. The summed E-state index contributed by atoms with van der Waals surface area (Å²) in [4.78, 5) is 9.05. The van der Waals surface area contributed by atoms with E-state index in [0.29, 0.717) is 13.0 Å². The molecule has 1 heterocycles. The van der Waals surface area contributed by atoms with Crippen LogP contribution in [-0.4, -0.2) is 36.4 Å². The van der Waals surface area contributed by atoms with Crippen molar-refractivity contribution in [3.05, 3.63) is 0 Å². The number of aliphatic hydroxyl groups is 2. The van der Waals surface area contributed by atoms with E-state index in [0.717, 1.165) is 0 Å². The van der Waals surface area contributed by atoms with E-state index >= 15 is 0 Å². The van der Waals surface area contributed by atoms with E-state index in [4.69, 9.17) is 10.2 Å². The van der Waals surface area contributed by atoms with Crippen LogP contribution in [0.3, 0.4) is 0 Å². The lowest BCUT2D eigenvalue weighted by Gasteiger charge is -2.22. The predicted octanol–water partition coefficient (Wildman–Crippen LogP) is -1.08. The summed E-state index contributed by atoms with van der Waals surface area (Å²) in [5.41, 5.74) is 0. The third-order valence-corrected chi connectivity index (χ3v) is 1.25. The number of hydrogen-bond acceptors (Lipinski definition) is 6. The molecule has 0 spiro atoms. The molecule has 0 bridgehead atoms. The quantitative estimate of drug-likeness (QED) is 0.409. The van der Waals surface area contributed by atoms with Crippen LogP contribution in [0.2, 0.25) is 0 Å². The molecule has 1 saturated heterocycles. The smallest absolute Gasteiger partial charge is 0.318 e. The van der Waals surface area contributed by atoms with Gasteiger partial charge in [-0.25, -0.2) is 4.89 Å². The molecule has 6 nitrogen and oxygen atoms in total. The second-order valence-corrected chi connectivity index (χ2v) is 1.89. The Labute approximate surface area is 63.2 Å². The van der Waals surface area contributed by atoms with Gasteiger partial charge in [-0.1, -0.05) is 0 Å². The Balaban J connectivity index is 2.40. The van der Waals surface area contributed by atoms with E-state index in [-0.39, 0.29) is 0 Å². The van der Waals surface area contributed by atoms with Gasteiger partial charge in [0.2, 0.25) is 0 Å². The summed E-state index contributed by atoms with van der Waals surface area (Å²) in [6.45, 7) is -0.799. The van der Waals surface area contributed by atoms with Crippen LogP contribution in [0.25, 0.3) is 0 Å². The highest BCUT2D eigenvalue weighted by Gasteiger charge is 2.39. The van der Waals surface area contributed by atoms with Gasteiger partial charge in [0.25, 0.3) is 0 Å². The zero-order valence-corrected chi connectivity index (χ0v) is 5.86. The molecule has 6 heteroatoms. The molecule has 2 N–H and O–H groups in total. The molecule has 66 valence electrons. The average Bonchev–Trinajstić information content (AvgIpc) is 2.39. The molecule has 1 aliphatic rings. The zero-order valence-electron chi connectivity index (χ0n) is 5.86. The first-order chi connectivity index (χ1) is 5.33. The Morgan fingerprint density at radius 1 is 1.27 bits per heavy atom. The molecule has 11 heavy (non-hydrogen) atoms. The molecular formula is C5H10O6. The summed E-state index contributed by atoms with van der Waals surface area (Å²) in [7, 11) is 0. The number of aliphatic hydroxyl groups excluding tert-OH is 2. The first kappa shape index (κ1) is 8.85. The maximum Gasteiger partial charge on any atom is 0.318 e. The summed E-state index contributed by atoms with van der Waals surface area (Å²) in [5.74, 6) is -1.43. The lowest BCUT2D eigenvalue weighted by Crippen LogP contribution is -2.35. The minimum Gasteiger partial charge on any atom is -0.370 e. The number of ether oxygens (including phenoxy) is 2. The van der Waals surface area contributed by atoms with Crippen molar-refractivity contribution in [3.63, 3.8) is 0 Å². The Kier molecular flexibility index (Phi) is 3.18. The lowest BCUT2D eigenvalue weighted by atomic mass is 10.4. The molecule has 0 aromatic heterocycles. The van der Waals surface area contributed by atoms with E-state index in [2.05, 4.69) is 19.2 Å². The topological polar surface area (TPSA) is 77.4 Å². The highest BCUT2D eigenvalue weighted by Crippen LogP contribution is 2.25. The van der Waals surface area contributed by atoms with Crippen LogP contribution in [0.5, 0.6) is 0 Å². The van der Waals surface area contributed by atoms with E-state index in [1.54, 1.807) is 0 Å². The minimum absolute atomic E-state index is 0.306. The maximum atomic E-state index is 8.40. The fraction of sp³-hybridized carbons (Fsp3) is 1.00. The van der Waals surface area contributed by atoms with Gasteiger partial charge in [0.05, 0.1) is 13.0 Å². The largest absolute Gasteiger partial charge is 0.370 e. The zero-order chi connectivity index (χ0) is 8.16. The van der Waals surface area contributed by atoms with Gasteiger partial charge in [0.1, 0.15) is 13.6 Å². The molecular weight excluding hydrogens is 156 g/mol. The Hall–Kier alpha value is -0.240. The Morgan fingerprint density at radius 2 is 1.91 bits per heavy atom. The van der Waals surface area contributed by atoms with Crippen molar-refractivity contribution in [1.82, 2.24) is 0 Å². The summed E-state index contributed by atoms with van der Waals surface area (Å²) >= 11 is 0. The van der Waals surface area contributed by atoms with Crippen molar-refractivity contribution in [2.24, 2.45) is 0 Å². The molecule has 0 amide bonds. The second-order valence-electron chi connectivity index (χ2n) is 1.89. The van der Waals surface area contributed by atoms with Crippen molar-refractivity contribution in [2.45, 2.75) is 12.4 Å². The van der Waals surface area contributed by atoms with Gasteiger partial charge >= 0.3 is 5.97 Å². The Morgan fingerprint density at radius 3 is 2.27 bits per heavy atom. The summed E-state index contributed by atoms with van der Waals surface area (Å²) < 4.78 is 9.31. The molecule has 0 saturated carbocycles. The van der Waals surface area contributed by atoms with E-state index in [1.165, 1.54) is 0 Å². The Bertz CT molecular complexity index is 102. The van der Waals surface area contributed by atoms with Crippen LogP contribution >= 0.6 is 0 Å². The molecule has 0 radical (unpaired) electrons. The van der Waals surface area contributed by atoms with Gasteiger partial charge in [-0.15, -0.1) is 0 Å². The van der Waals surface area contributed by atoms with Gasteiger partial charge in [-0.3, -0.25) is 9.47 Å². The lowest BCUT2D eigenvalue weighted by molar-refractivity contribution is -0.478. The normalized spacial score (nSPS) is 22.4. The number of hydrogen-bond donors (Lipinski definition) is 2. The first-order valence-corrected chi connectivity index (χ1v) is 3.13.